The highest BCUT2D eigenvalue weighted by atomic mass is 16.4. The molecule has 0 spiro atoms. The molecule has 0 fully saturated rings. The second-order valence-electron chi connectivity index (χ2n) is 3.16. The normalized spacial score (nSPS) is 9.75. The number of phenolic OH excluding ortho intramolecular Hbond substituents is 1. The first kappa shape index (κ1) is 11.8. The Morgan fingerprint density at radius 2 is 1.44 bits per heavy atom. The molecule has 0 aliphatic carbocycles. The van der Waals surface area contributed by atoms with Gasteiger partial charge in [-0.15, -0.1) is 0 Å². The molecule has 0 aliphatic heterocycles. The predicted octanol–water partition coefficient (Wildman–Crippen LogP) is 0.368. The van der Waals surface area contributed by atoms with E-state index >= 15 is 0 Å². The van der Waals surface area contributed by atoms with Gasteiger partial charge in [0, 0.05) is 5.69 Å². The van der Waals surface area contributed by atoms with E-state index in [1.807, 2.05) is 0 Å². The molecule has 0 amide bonds. The van der Waals surface area contributed by atoms with Crippen LogP contribution >= 0.6 is 0 Å². The Morgan fingerprint density at radius 1 is 1.00 bits per heavy atom. The topological polar surface area (TPSA) is 98.1 Å². The molecule has 0 aromatic heterocycles. The van der Waals surface area contributed by atoms with Crippen LogP contribution in [-0.4, -0.2) is 40.3 Å². The number of nitrogens with zero attached hydrogens (tertiary/aromatic N) is 1. The summed E-state index contributed by atoms with van der Waals surface area (Å²) in [6, 6.07) is 5.65. The lowest BCUT2D eigenvalue weighted by molar-refractivity contribution is -0.136. The van der Waals surface area contributed by atoms with Crippen LogP contribution in [0.15, 0.2) is 24.3 Å². The molecule has 0 unspecified atom stereocenters. The Labute approximate surface area is 91.4 Å². The smallest absolute Gasteiger partial charge is 0.323 e. The molecule has 0 saturated carbocycles. The fraction of sp³-hybridized carbons (Fsp3) is 0.200. The van der Waals surface area contributed by atoms with Crippen LogP contribution in [0.1, 0.15) is 0 Å². The molecule has 0 heterocycles. The first-order chi connectivity index (χ1) is 7.49. The summed E-state index contributed by atoms with van der Waals surface area (Å²) >= 11 is 0. The van der Waals surface area contributed by atoms with Crippen molar-refractivity contribution in [3.8, 4) is 5.75 Å². The summed E-state index contributed by atoms with van der Waals surface area (Å²) < 4.78 is 0. The van der Waals surface area contributed by atoms with Gasteiger partial charge in [0.1, 0.15) is 18.8 Å². The lowest BCUT2D eigenvalue weighted by Gasteiger charge is -2.20. The summed E-state index contributed by atoms with van der Waals surface area (Å²) in [7, 11) is 0. The minimum atomic E-state index is -1.12. The zero-order chi connectivity index (χ0) is 12.1. The molecule has 6 heteroatoms. The second-order valence-corrected chi connectivity index (χ2v) is 3.16. The van der Waals surface area contributed by atoms with E-state index in [9.17, 15) is 9.59 Å². The van der Waals surface area contributed by atoms with Gasteiger partial charge >= 0.3 is 11.9 Å². The number of aliphatic carboxylic acids is 2. The number of anilines is 1. The van der Waals surface area contributed by atoms with Gasteiger partial charge in [-0.25, -0.2) is 0 Å². The van der Waals surface area contributed by atoms with Crippen molar-refractivity contribution in [1.82, 2.24) is 0 Å². The third-order valence-corrected chi connectivity index (χ3v) is 1.87. The van der Waals surface area contributed by atoms with E-state index in [0.29, 0.717) is 5.69 Å². The standard InChI is InChI=1S/C10H11NO5/c12-8-3-1-7(2-4-8)11(5-9(13)14)6-10(15)16/h1-4,12H,5-6H2,(H,13,14)(H,15,16). The monoisotopic (exact) mass is 225 g/mol. The minimum Gasteiger partial charge on any atom is -0.508 e. The number of phenols is 1. The molecule has 1 aromatic carbocycles. The van der Waals surface area contributed by atoms with Gasteiger partial charge in [-0.1, -0.05) is 0 Å². The maximum atomic E-state index is 10.5. The number of carbonyl (C=O) groups is 2. The van der Waals surface area contributed by atoms with Crippen LogP contribution in [0.25, 0.3) is 0 Å². The fourth-order valence-electron chi connectivity index (χ4n) is 1.23. The van der Waals surface area contributed by atoms with Crippen molar-refractivity contribution in [2.45, 2.75) is 0 Å². The predicted molar refractivity (Wildman–Crippen MR) is 55.6 cm³/mol. The number of hydrogen-bond donors (Lipinski definition) is 3. The largest absolute Gasteiger partial charge is 0.508 e. The van der Waals surface area contributed by atoms with Gasteiger partial charge in [-0.2, -0.15) is 0 Å². The Morgan fingerprint density at radius 3 is 1.81 bits per heavy atom. The molecule has 86 valence electrons. The summed E-state index contributed by atoms with van der Waals surface area (Å²) in [6.07, 6.45) is 0. The maximum absolute atomic E-state index is 10.5. The minimum absolute atomic E-state index is 0.0364. The molecule has 6 nitrogen and oxygen atoms in total. The van der Waals surface area contributed by atoms with Gasteiger partial charge in [0.25, 0.3) is 0 Å². The molecule has 16 heavy (non-hydrogen) atoms. The van der Waals surface area contributed by atoms with Crippen LogP contribution in [0.4, 0.5) is 5.69 Å². The zero-order valence-corrected chi connectivity index (χ0v) is 8.33. The Balaban J connectivity index is 2.86. The van der Waals surface area contributed by atoms with Crippen molar-refractivity contribution in [2.75, 3.05) is 18.0 Å². The number of carboxylic acid groups (broad SMARTS) is 2. The number of carboxylic acids is 2. The van der Waals surface area contributed by atoms with Gasteiger partial charge in [0.2, 0.25) is 0 Å². The number of rotatable bonds is 5. The molecule has 1 aromatic rings. The van der Waals surface area contributed by atoms with E-state index in [1.165, 1.54) is 29.2 Å². The van der Waals surface area contributed by atoms with E-state index in [4.69, 9.17) is 15.3 Å². The molecule has 0 saturated heterocycles. The lowest BCUT2D eigenvalue weighted by Crippen LogP contribution is -2.34. The second kappa shape index (κ2) is 5.01. The third-order valence-electron chi connectivity index (χ3n) is 1.87. The van der Waals surface area contributed by atoms with Gasteiger partial charge in [-0.05, 0) is 24.3 Å². The molecule has 1 rings (SSSR count). The van der Waals surface area contributed by atoms with Crippen molar-refractivity contribution in [2.24, 2.45) is 0 Å². The van der Waals surface area contributed by atoms with Crippen molar-refractivity contribution >= 4 is 17.6 Å². The fourth-order valence-corrected chi connectivity index (χ4v) is 1.23. The highest BCUT2D eigenvalue weighted by Gasteiger charge is 2.13. The molecule has 0 radical (unpaired) electrons. The van der Waals surface area contributed by atoms with Crippen molar-refractivity contribution in [3.63, 3.8) is 0 Å². The first-order valence-corrected chi connectivity index (χ1v) is 4.46. The van der Waals surface area contributed by atoms with Gasteiger partial charge < -0.3 is 20.2 Å². The number of benzene rings is 1. The van der Waals surface area contributed by atoms with Crippen molar-refractivity contribution < 1.29 is 24.9 Å². The highest BCUT2D eigenvalue weighted by Crippen LogP contribution is 2.17. The molecule has 0 aliphatic rings. The summed E-state index contributed by atoms with van der Waals surface area (Å²) in [5.74, 6) is -2.20. The molecule has 3 N–H and O–H groups in total. The summed E-state index contributed by atoms with van der Waals surface area (Å²) in [5, 5.41) is 26.3. The van der Waals surface area contributed by atoms with Gasteiger partial charge in [-0.3, -0.25) is 9.59 Å². The van der Waals surface area contributed by atoms with Crippen LogP contribution in [0, 0.1) is 0 Å². The van der Waals surface area contributed by atoms with Crippen LogP contribution in [0.2, 0.25) is 0 Å². The van der Waals surface area contributed by atoms with Crippen LogP contribution in [0.5, 0.6) is 5.75 Å². The van der Waals surface area contributed by atoms with Crippen molar-refractivity contribution in [1.29, 1.82) is 0 Å². The van der Waals surface area contributed by atoms with E-state index in [0.717, 1.165) is 0 Å². The summed E-state index contributed by atoms with van der Waals surface area (Å²) in [5.41, 5.74) is 0.433. The molecule has 0 bridgehead atoms. The van der Waals surface area contributed by atoms with E-state index < -0.39 is 25.0 Å². The van der Waals surface area contributed by atoms with Gasteiger partial charge in [0.05, 0.1) is 0 Å². The number of aromatic hydroxyl groups is 1. The van der Waals surface area contributed by atoms with Crippen LogP contribution in [0.3, 0.4) is 0 Å². The maximum Gasteiger partial charge on any atom is 0.323 e. The SMILES string of the molecule is O=C(O)CN(CC(=O)O)c1ccc(O)cc1. The molecular formula is C10H11NO5. The van der Waals surface area contributed by atoms with E-state index in [-0.39, 0.29) is 5.75 Å². The van der Waals surface area contributed by atoms with E-state index in [1.54, 1.807) is 0 Å². The average Bonchev–Trinajstić information content (AvgIpc) is 2.16. The summed E-state index contributed by atoms with van der Waals surface area (Å²) in [6.45, 7) is -0.811. The average molecular weight is 225 g/mol. The van der Waals surface area contributed by atoms with Crippen LogP contribution in [-0.2, 0) is 9.59 Å². The van der Waals surface area contributed by atoms with Crippen molar-refractivity contribution in [3.05, 3.63) is 24.3 Å². The number of hydrogen-bond acceptors (Lipinski definition) is 4. The quantitative estimate of drug-likeness (QED) is 0.669. The lowest BCUT2D eigenvalue weighted by atomic mass is 10.2. The zero-order valence-electron chi connectivity index (χ0n) is 8.33. The molecule has 0 atom stereocenters. The highest BCUT2D eigenvalue weighted by molar-refractivity contribution is 5.79. The van der Waals surface area contributed by atoms with Gasteiger partial charge in [0.15, 0.2) is 0 Å². The Kier molecular flexibility index (Phi) is 3.71. The van der Waals surface area contributed by atoms with Crippen LogP contribution < -0.4 is 4.90 Å². The Bertz CT molecular complexity index is 371. The first-order valence-electron chi connectivity index (χ1n) is 4.46. The van der Waals surface area contributed by atoms with E-state index in [2.05, 4.69) is 0 Å². The summed E-state index contributed by atoms with van der Waals surface area (Å²) in [4.78, 5) is 22.3. The third kappa shape index (κ3) is 3.49. The Hall–Kier alpha value is -2.24. The molecular weight excluding hydrogens is 214 g/mol.